The summed E-state index contributed by atoms with van der Waals surface area (Å²) in [5.41, 5.74) is 3.74. The molecule has 3 rings (SSSR count). The van der Waals surface area contributed by atoms with E-state index in [-0.39, 0.29) is 11.7 Å². The molecule has 0 bridgehead atoms. The fourth-order valence-electron chi connectivity index (χ4n) is 2.82. The zero-order chi connectivity index (χ0) is 19.4. The molecule has 2 heterocycles. The number of hydrogen-bond acceptors (Lipinski definition) is 4. The number of aromatic nitrogens is 2. The number of nitrogens with zero attached hydrogens (tertiary/aromatic N) is 2. The van der Waals surface area contributed by atoms with Gasteiger partial charge in [-0.3, -0.25) is 9.59 Å². The minimum Gasteiger partial charge on any atom is -0.459 e. The lowest BCUT2D eigenvalue weighted by molar-refractivity contribution is -0.122. The number of rotatable bonds is 6. The second-order valence-electron chi connectivity index (χ2n) is 6.29. The van der Waals surface area contributed by atoms with Gasteiger partial charge in [0.25, 0.3) is 5.91 Å². The van der Waals surface area contributed by atoms with Gasteiger partial charge in [0.05, 0.1) is 17.6 Å². The van der Waals surface area contributed by atoms with Crippen LogP contribution in [-0.4, -0.2) is 27.6 Å². The highest BCUT2D eigenvalue weighted by Gasteiger charge is 2.19. The highest BCUT2D eigenvalue weighted by atomic mass is 16.3. The third-order valence-electron chi connectivity index (χ3n) is 4.37. The first-order valence-electron chi connectivity index (χ1n) is 8.70. The highest BCUT2D eigenvalue weighted by molar-refractivity contribution is 5.95. The maximum Gasteiger partial charge on any atom is 0.287 e. The molecule has 1 aromatic carbocycles. The summed E-state index contributed by atoms with van der Waals surface area (Å²) in [7, 11) is 0. The van der Waals surface area contributed by atoms with Crippen LogP contribution >= 0.6 is 0 Å². The Bertz CT molecular complexity index is 930. The van der Waals surface area contributed by atoms with E-state index < -0.39 is 11.9 Å². The summed E-state index contributed by atoms with van der Waals surface area (Å²) in [5.74, 6) is -0.529. The molecule has 1 atom stereocenters. The average molecular weight is 366 g/mol. The van der Waals surface area contributed by atoms with Gasteiger partial charge in [-0.1, -0.05) is 18.2 Å². The van der Waals surface area contributed by atoms with Gasteiger partial charge in [0.1, 0.15) is 6.04 Å². The van der Waals surface area contributed by atoms with E-state index in [0.717, 1.165) is 22.6 Å². The van der Waals surface area contributed by atoms with Crippen LogP contribution in [0.5, 0.6) is 0 Å². The van der Waals surface area contributed by atoms with Crippen LogP contribution in [0.3, 0.4) is 0 Å². The number of carbonyl (C=O) groups is 2. The van der Waals surface area contributed by atoms with Gasteiger partial charge in [-0.15, -0.1) is 0 Å². The summed E-state index contributed by atoms with van der Waals surface area (Å²) in [6.45, 7) is 5.85. The molecule has 0 unspecified atom stereocenters. The van der Waals surface area contributed by atoms with Crippen molar-refractivity contribution in [2.24, 2.45) is 0 Å². The standard InChI is InChI=1S/C20H22N4O3/c1-13-17(15(3)24(23-13)16-8-5-4-6-9-16)12-21-19(25)14(2)22-20(26)18-10-7-11-27-18/h4-11,14H,12H2,1-3H3,(H,21,25)(H,22,26)/t14-/m0/s1. The van der Waals surface area contributed by atoms with Gasteiger partial charge < -0.3 is 15.1 Å². The first-order valence-corrected chi connectivity index (χ1v) is 8.70. The topological polar surface area (TPSA) is 89.2 Å². The summed E-state index contributed by atoms with van der Waals surface area (Å²) in [5, 5.41) is 10.0. The van der Waals surface area contributed by atoms with Crippen LogP contribution in [0.25, 0.3) is 5.69 Å². The van der Waals surface area contributed by atoms with E-state index in [9.17, 15) is 9.59 Å². The number of nitrogens with one attached hydrogen (secondary N) is 2. The van der Waals surface area contributed by atoms with E-state index in [1.54, 1.807) is 19.1 Å². The molecule has 0 aliphatic rings. The molecule has 0 aliphatic heterocycles. The third kappa shape index (κ3) is 4.08. The summed E-state index contributed by atoms with van der Waals surface area (Å²) < 4.78 is 6.89. The van der Waals surface area contributed by atoms with Crippen molar-refractivity contribution in [3.8, 4) is 5.69 Å². The third-order valence-corrected chi connectivity index (χ3v) is 4.37. The van der Waals surface area contributed by atoms with Crippen LogP contribution < -0.4 is 10.6 Å². The summed E-state index contributed by atoms with van der Waals surface area (Å²) in [6, 6.07) is 12.3. The number of benzene rings is 1. The quantitative estimate of drug-likeness (QED) is 0.701. The Morgan fingerprint density at radius 1 is 1.15 bits per heavy atom. The second-order valence-corrected chi connectivity index (χ2v) is 6.29. The van der Waals surface area contributed by atoms with Gasteiger partial charge in [0.2, 0.25) is 5.91 Å². The van der Waals surface area contributed by atoms with Crippen LogP contribution in [0.2, 0.25) is 0 Å². The Morgan fingerprint density at radius 3 is 2.56 bits per heavy atom. The van der Waals surface area contributed by atoms with Crippen LogP contribution in [0.1, 0.15) is 34.4 Å². The normalized spacial score (nSPS) is 11.8. The SMILES string of the molecule is Cc1nn(-c2ccccc2)c(C)c1CNC(=O)[C@H](C)NC(=O)c1ccco1. The molecule has 7 nitrogen and oxygen atoms in total. The molecule has 27 heavy (non-hydrogen) atoms. The van der Waals surface area contributed by atoms with Crippen molar-refractivity contribution in [3.63, 3.8) is 0 Å². The van der Waals surface area contributed by atoms with Crippen molar-refractivity contribution in [2.45, 2.75) is 33.4 Å². The Balaban J connectivity index is 1.63. The van der Waals surface area contributed by atoms with Gasteiger partial charge in [0, 0.05) is 17.8 Å². The summed E-state index contributed by atoms with van der Waals surface area (Å²) >= 11 is 0. The molecule has 2 amide bonds. The summed E-state index contributed by atoms with van der Waals surface area (Å²) in [6.07, 6.45) is 1.41. The number of carbonyl (C=O) groups excluding carboxylic acids is 2. The maximum atomic E-state index is 12.3. The van der Waals surface area contributed by atoms with E-state index in [1.165, 1.54) is 6.26 Å². The molecule has 0 fully saturated rings. The molecule has 7 heteroatoms. The Labute approximate surface area is 157 Å². The molecule has 0 spiro atoms. The number of hydrogen-bond donors (Lipinski definition) is 2. The first-order chi connectivity index (χ1) is 13.0. The average Bonchev–Trinajstić information content (AvgIpc) is 3.29. The number of amides is 2. The predicted octanol–water partition coefficient (Wildman–Crippen LogP) is 2.52. The zero-order valence-corrected chi connectivity index (χ0v) is 15.5. The monoisotopic (exact) mass is 366 g/mol. The molecule has 0 radical (unpaired) electrons. The van der Waals surface area contributed by atoms with Crippen molar-refractivity contribution in [3.05, 3.63) is 71.4 Å². The molecule has 0 aliphatic carbocycles. The van der Waals surface area contributed by atoms with Crippen LogP contribution in [-0.2, 0) is 11.3 Å². The van der Waals surface area contributed by atoms with Crippen LogP contribution in [0.4, 0.5) is 0 Å². The predicted molar refractivity (Wildman–Crippen MR) is 101 cm³/mol. The van der Waals surface area contributed by atoms with Crippen molar-refractivity contribution in [1.82, 2.24) is 20.4 Å². The smallest absolute Gasteiger partial charge is 0.287 e. The lowest BCUT2D eigenvalue weighted by Crippen LogP contribution is -2.44. The van der Waals surface area contributed by atoms with E-state index in [2.05, 4.69) is 15.7 Å². The molecule has 2 N–H and O–H groups in total. The summed E-state index contributed by atoms with van der Waals surface area (Å²) in [4.78, 5) is 24.3. The molecule has 0 saturated carbocycles. The van der Waals surface area contributed by atoms with E-state index >= 15 is 0 Å². The Hall–Kier alpha value is -3.35. The molecular formula is C20H22N4O3. The number of furan rings is 1. The highest BCUT2D eigenvalue weighted by Crippen LogP contribution is 2.17. The van der Waals surface area contributed by atoms with Crippen LogP contribution in [0, 0.1) is 13.8 Å². The van der Waals surface area contributed by atoms with Crippen molar-refractivity contribution in [1.29, 1.82) is 0 Å². The maximum absolute atomic E-state index is 12.3. The zero-order valence-electron chi connectivity index (χ0n) is 15.5. The van der Waals surface area contributed by atoms with E-state index in [0.29, 0.717) is 6.54 Å². The molecule has 0 saturated heterocycles. The Kier molecular flexibility index (Phi) is 5.40. The van der Waals surface area contributed by atoms with E-state index in [4.69, 9.17) is 4.42 Å². The van der Waals surface area contributed by atoms with Crippen molar-refractivity contribution in [2.75, 3.05) is 0 Å². The first kappa shape index (κ1) is 18.4. The number of aryl methyl sites for hydroxylation is 1. The van der Waals surface area contributed by atoms with Crippen molar-refractivity contribution >= 4 is 11.8 Å². The lowest BCUT2D eigenvalue weighted by Gasteiger charge is -2.13. The van der Waals surface area contributed by atoms with Gasteiger partial charge in [0.15, 0.2) is 5.76 Å². The fraction of sp³-hybridized carbons (Fsp3) is 0.250. The molecular weight excluding hydrogens is 344 g/mol. The molecule has 3 aromatic rings. The second kappa shape index (κ2) is 7.90. The minimum atomic E-state index is -0.688. The molecule has 140 valence electrons. The Morgan fingerprint density at radius 2 is 1.89 bits per heavy atom. The molecule has 2 aromatic heterocycles. The van der Waals surface area contributed by atoms with E-state index in [1.807, 2.05) is 48.9 Å². The van der Waals surface area contributed by atoms with Gasteiger partial charge in [-0.2, -0.15) is 5.10 Å². The van der Waals surface area contributed by atoms with Gasteiger partial charge in [-0.05, 0) is 45.0 Å². The fourth-order valence-corrected chi connectivity index (χ4v) is 2.82. The van der Waals surface area contributed by atoms with Gasteiger partial charge in [-0.25, -0.2) is 4.68 Å². The van der Waals surface area contributed by atoms with Crippen molar-refractivity contribution < 1.29 is 14.0 Å². The largest absolute Gasteiger partial charge is 0.459 e. The van der Waals surface area contributed by atoms with Crippen LogP contribution in [0.15, 0.2) is 53.1 Å². The lowest BCUT2D eigenvalue weighted by atomic mass is 10.2. The number of para-hydroxylation sites is 1. The van der Waals surface area contributed by atoms with Gasteiger partial charge >= 0.3 is 0 Å². The minimum absolute atomic E-state index is 0.172.